The molecule has 37 heavy (non-hydrogen) atoms. The molecule has 0 amide bonds. The Morgan fingerprint density at radius 3 is 1.73 bits per heavy atom. The van der Waals surface area contributed by atoms with E-state index in [1.807, 2.05) is 78.9 Å². The standard InChI is InChI=1S/C30H25O2.BF4/c1-31-28-20-18-24(19-21-28)12-6-2-3-11-17-29-22-27(25-13-7-4-8-14-25)23-30(32-29)26-15-9-5-10-16-26;2-1(3,4)5/h2-23H,1H3;/q+1;-1/b3-2+,12-6+,17-11+;. The van der Waals surface area contributed by atoms with Gasteiger partial charge in [0.2, 0.25) is 0 Å². The molecule has 0 aliphatic heterocycles. The molecule has 7 heteroatoms. The molecule has 0 aliphatic rings. The van der Waals surface area contributed by atoms with Gasteiger partial charge in [0, 0.05) is 11.6 Å². The first-order valence-corrected chi connectivity index (χ1v) is 11.4. The quantitative estimate of drug-likeness (QED) is 0.108. The Balaban J connectivity index is 0.000000695. The van der Waals surface area contributed by atoms with Crippen molar-refractivity contribution in [3.8, 4) is 28.2 Å². The molecule has 3 aromatic carbocycles. The summed E-state index contributed by atoms with van der Waals surface area (Å²) in [7, 11) is -4.33. The first-order chi connectivity index (χ1) is 17.8. The van der Waals surface area contributed by atoms with Gasteiger partial charge in [-0.1, -0.05) is 91.0 Å². The van der Waals surface area contributed by atoms with Crippen LogP contribution in [-0.4, -0.2) is 14.4 Å². The number of benzene rings is 3. The zero-order valence-electron chi connectivity index (χ0n) is 20.1. The second-order valence-electron chi connectivity index (χ2n) is 7.72. The minimum atomic E-state index is -6.00. The molecule has 0 atom stereocenters. The predicted octanol–water partition coefficient (Wildman–Crippen LogP) is 9.49. The van der Waals surface area contributed by atoms with Gasteiger partial charge < -0.3 is 22.0 Å². The molecular weight excluding hydrogens is 479 g/mol. The minimum Gasteiger partial charge on any atom is -0.497 e. The molecule has 0 spiro atoms. The molecule has 0 aliphatic carbocycles. The lowest BCUT2D eigenvalue weighted by Crippen LogP contribution is -2.02. The highest BCUT2D eigenvalue weighted by Gasteiger charge is 2.20. The molecule has 188 valence electrons. The third kappa shape index (κ3) is 10.0. The average molecular weight is 504 g/mol. The van der Waals surface area contributed by atoms with Gasteiger partial charge in [-0.2, -0.15) is 0 Å². The predicted molar refractivity (Wildman–Crippen MR) is 144 cm³/mol. The largest absolute Gasteiger partial charge is 0.673 e. The molecule has 4 aromatic rings. The highest BCUT2D eigenvalue weighted by Crippen LogP contribution is 2.28. The summed E-state index contributed by atoms with van der Waals surface area (Å²) in [6.45, 7) is 0. The molecule has 0 saturated heterocycles. The van der Waals surface area contributed by atoms with Gasteiger partial charge in [0.15, 0.2) is 0 Å². The Morgan fingerprint density at radius 1 is 0.622 bits per heavy atom. The first-order valence-electron chi connectivity index (χ1n) is 11.4. The van der Waals surface area contributed by atoms with E-state index < -0.39 is 7.25 Å². The Bertz CT molecular complexity index is 1270. The van der Waals surface area contributed by atoms with Crippen LogP contribution in [0.15, 0.2) is 126 Å². The van der Waals surface area contributed by atoms with Crippen molar-refractivity contribution in [1.29, 1.82) is 0 Å². The minimum absolute atomic E-state index is 0.800. The van der Waals surface area contributed by atoms with E-state index in [1.54, 1.807) is 7.11 Å². The number of rotatable bonds is 7. The van der Waals surface area contributed by atoms with Gasteiger partial charge >= 0.3 is 18.8 Å². The van der Waals surface area contributed by atoms with Gasteiger partial charge in [0.05, 0.1) is 24.8 Å². The van der Waals surface area contributed by atoms with Gasteiger partial charge in [-0.05, 0) is 35.4 Å². The SMILES string of the molecule is COc1ccc(/C=C/C=C/C=C/c2cc(-c3ccccc3)cc(-c3ccccc3)[o+]2)cc1.F[B-](F)(F)F. The molecule has 1 heterocycles. The van der Waals surface area contributed by atoms with Gasteiger partial charge in [-0.3, -0.25) is 0 Å². The van der Waals surface area contributed by atoms with Crippen molar-refractivity contribution in [3.05, 3.63) is 133 Å². The van der Waals surface area contributed by atoms with E-state index >= 15 is 0 Å². The fourth-order valence-electron chi connectivity index (χ4n) is 3.31. The lowest BCUT2D eigenvalue weighted by atomic mass is 10.0. The maximum atomic E-state index is 9.75. The molecule has 0 radical (unpaired) electrons. The van der Waals surface area contributed by atoms with Crippen LogP contribution >= 0.6 is 0 Å². The third-order valence-corrected chi connectivity index (χ3v) is 4.98. The molecular formula is C30H25BF4O2. The maximum Gasteiger partial charge on any atom is 0.673 e. The van der Waals surface area contributed by atoms with Crippen LogP contribution in [-0.2, 0) is 0 Å². The molecule has 0 N–H and O–H groups in total. The summed E-state index contributed by atoms with van der Waals surface area (Å²) in [5, 5.41) is 0. The van der Waals surface area contributed by atoms with E-state index in [-0.39, 0.29) is 0 Å². The summed E-state index contributed by atoms with van der Waals surface area (Å²) in [6, 6.07) is 32.6. The number of hydrogen-bond donors (Lipinski definition) is 0. The van der Waals surface area contributed by atoms with Crippen molar-refractivity contribution in [1.82, 2.24) is 0 Å². The highest BCUT2D eigenvalue weighted by atomic mass is 19.5. The monoisotopic (exact) mass is 504 g/mol. The van der Waals surface area contributed by atoms with E-state index in [0.717, 1.165) is 39.5 Å². The van der Waals surface area contributed by atoms with E-state index in [2.05, 4.69) is 54.6 Å². The summed E-state index contributed by atoms with van der Waals surface area (Å²) in [5.41, 5.74) is 4.46. The van der Waals surface area contributed by atoms with Crippen LogP contribution < -0.4 is 4.74 Å². The van der Waals surface area contributed by atoms with Crippen molar-refractivity contribution in [2.75, 3.05) is 7.11 Å². The molecule has 1 aromatic heterocycles. The van der Waals surface area contributed by atoms with Gasteiger partial charge in [0.1, 0.15) is 5.75 Å². The normalized spacial score (nSPS) is 11.6. The van der Waals surface area contributed by atoms with E-state index in [9.17, 15) is 17.3 Å². The third-order valence-electron chi connectivity index (χ3n) is 4.98. The Labute approximate surface area is 214 Å². The molecule has 0 bridgehead atoms. The lowest BCUT2D eigenvalue weighted by Gasteiger charge is -2.00. The van der Waals surface area contributed by atoms with Crippen LogP contribution in [0.25, 0.3) is 34.6 Å². The first kappa shape index (κ1) is 27.2. The van der Waals surface area contributed by atoms with Crippen LogP contribution in [0.5, 0.6) is 5.75 Å². The number of methoxy groups -OCH3 is 1. The van der Waals surface area contributed by atoms with Crippen LogP contribution in [0.3, 0.4) is 0 Å². The lowest BCUT2D eigenvalue weighted by molar-refractivity contribution is 0.368. The second-order valence-corrected chi connectivity index (χ2v) is 7.72. The molecule has 0 unspecified atom stereocenters. The molecule has 2 nitrogen and oxygen atoms in total. The number of halogens is 4. The number of ether oxygens (including phenoxy) is 1. The number of hydrogen-bond acceptors (Lipinski definition) is 1. The summed E-state index contributed by atoms with van der Waals surface area (Å²) < 4.78 is 50.4. The number of allylic oxidation sites excluding steroid dienone is 4. The van der Waals surface area contributed by atoms with Crippen LogP contribution in [0.1, 0.15) is 11.3 Å². The average Bonchev–Trinajstić information content (AvgIpc) is 2.91. The van der Waals surface area contributed by atoms with E-state index in [0.29, 0.717) is 0 Å². The Kier molecular flexibility index (Phi) is 10.0. The molecule has 4 rings (SSSR count). The van der Waals surface area contributed by atoms with Crippen LogP contribution in [0.2, 0.25) is 0 Å². The van der Waals surface area contributed by atoms with Crippen molar-refractivity contribution in [2.24, 2.45) is 0 Å². The van der Waals surface area contributed by atoms with Gasteiger partial charge in [0.25, 0.3) is 0 Å². The fraction of sp³-hybridized carbons (Fsp3) is 0.0333. The summed E-state index contributed by atoms with van der Waals surface area (Å²) in [5.74, 6) is 2.50. The summed E-state index contributed by atoms with van der Waals surface area (Å²) in [4.78, 5) is 0. The van der Waals surface area contributed by atoms with E-state index in [1.165, 1.54) is 0 Å². The van der Waals surface area contributed by atoms with Crippen molar-refractivity contribution >= 4 is 19.4 Å². The Hall–Kier alpha value is -4.39. The molecule has 0 fully saturated rings. The smallest absolute Gasteiger partial charge is 0.497 e. The molecule has 0 saturated carbocycles. The second kappa shape index (κ2) is 13.6. The fourth-order valence-corrected chi connectivity index (χ4v) is 3.31. The van der Waals surface area contributed by atoms with Crippen molar-refractivity contribution in [2.45, 2.75) is 0 Å². The Morgan fingerprint density at radius 2 is 1.16 bits per heavy atom. The maximum absolute atomic E-state index is 9.75. The van der Waals surface area contributed by atoms with Crippen LogP contribution in [0, 0.1) is 0 Å². The summed E-state index contributed by atoms with van der Waals surface area (Å²) >= 11 is 0. The highest BCUT2D eigenvalue weighted by molar-refractivity contribution is 6.50. The summed E-state index contributed by atoms with van der Waals surface area (Å²) in [6.07, 6.45) is 12.0. The zero-order chi connectivity index (χ0) is 26.5. The van der Waals surface area contributed by atoms with Crippen LogP contribution in [0.4, 0.5) is 17.3 Å². The van der Waals surface area contributed by atoms with Gasteiger partial charge in [-0.15, -0.1) is 0 Å². The topological polar surface area (TPSA) is 20.5 Å². The van der Waals surface area contributed by atoms with Crippen molar-refractivity contribution in [3.63, 3.8) is 0 Å². The van der Waals surface area contributed by atoms with Gasteiger partial charge in [-0.25, -0.2) is 4.42 Å². The van der Waals surface area contributed by atoms with E-state index in [4.69, 9.17) is 9.15 Å². The van der Waals surface area contributed by atoms with Crippen molar-refractivity contribution < 1.29 is 26.4 Å². The zero-order valence-corrected chi connectivity index (χ0v) is 20.1.